The molecule has 0 aliphatic heterocycles. The van der Waals surface area contributed by atoms with Gasteiger partial charge in [-0.1, -0.05) is 6.92 Å². The first-order valence-electron chi connectivity index (χ1n) is 6.98. The summed E-state index contributed by atoms with van der Waals surface area (Å²) in [6, 6.07) is 0.599. The van der Waals surface area contributed by atoms with E-state index in [0.717, 1.165) is 49.4 Å². The van der Waals surface area contributed by atoms with E-state index in [2.05, 4.69) is 22.6 Å². The highest BCUT2D eigenvalue weighted by Gasteiger charge is 2.33. The molecule has 0 bridgehead atoms. The summed E-state index contributed by atoms with van der Waals surface area (Å²) < 4.78 is 0. The third-order valence-electron chi connectivity index (χ3n) is 3.78. The van der Waals surface area contributed by atoms with Crippen LogP contribution in [0.4, 0.5) is 0 Å². The standard InChI is InChI=1S/C14H24N2OS/c1-3-8-15-12-4-6-14(17,7-5-12)9-13-10-18-11(2)16-13/h10,12,15,17H,3-9H2,1-2H3. The molecule has 1 fully saturated rings. The topological polar surface area (TPSA) is 45.1 Å². The van der Waals surface area contributed by atoms with Crippen LogP contribution in [0.2, 0.25) is 0 Å². The van der Waals surface area contributed by atoms with E-state index in [4.69, 9.17) is 0 Å². The normalized spacial score (nSPS) is 28.5. The van der Waals surface area contributed by atoms with Crippen LogP contribution in [0, 0.1) is 6.92 Å². The Balaban J connectivity index is 1.83. The van der Waals surface area contributed by atoms with E-state index in [1.807, 2.05) is 6.92 Å². The molecule has 2 rings (SSSR count). The molecule has 0 aromatic carbocycles. The highest BCUT2D eigenvalue weighted by atomic mass is 32.1. The Morgan fingerprint density at radius 3 is 2.78 bits per heavy atom. The van der Waals surface area contributed by atoms with Crippen molar-refractivity contribution in [3.63, 3.8) is 0 Å². The minimum atomic E-state index is -0.523. The highest BCUT2D eigenvalue weighted by molar-refractivity contribution is 7.09. The number of thiazole rings is 1. The Kier molecular flexibility index (Phi) is 4.76. The summed E-state index contributed by atoms with van der Waals surface area (Å²) >= 11 is 1.67. The molecule has 0 amide bonds. The maximum atomic E-state index is 10.6. The van der Waals surface area contributed by atoms with E-state index in [1.165, 1.54) is 6.42 Å². The SMILES string of the molecule is CCCNC1CCC(O)(Cc2csc(C)n2)CC1. The van der Waals surface area contributed by atoms with Gasteiger partial charge >= 0.3 is 0 Å². The van der Waals surface area contributed by atoms with Gasteiger partial charge in [0.25, 0.3) is 0 Å². The highest BCUT2D eigenvalue weighted by Crippen LogP contribution is 2.31. The lowest BCUT2D eigenvalue weighted by Crippen LogP contribution is -2.42. The number of hydrogen-bond acceptors (Lipinski definition) is 4. The average molecular weight is 268 g/mol. The fourth-order valence-electron chi connectivity index (χ4n) is 2.71. The maximum Gasteiger partial charge on any atom is 0.0897 e. The summed E-state index contributed by atoms with van der Waals surface area (Å²) in [4.78, 5) is 4.46. The van der Waals surface area contributed by atoms with Crippen LogP contribution in [0.15, 0.2) is 5.38 Å². The van der Waals surface area contributed by atoms with Crippen LogP contribution < -0.4 is 5.32 Å². The van der Waals surface area contributed by atoms with Crippen molar-refractivity contribution in [2.75, 3.05) is 6.54 Å². The fraction of sp³-hybridized carbons (Fsp3) is 0.786. The molecule has 3 nitrogen and oxygen atoms in total. The van der Waals surface area contributed by atoms with Gasteiger partial charge in [-0.15, -0.1) is 11.3 Å². The molecule has 0 saturated heterocycles. The van der Waals surface area contributed by atoms with E-state index in [-0.39, 0.29) is 0 Å². The van der Waals surface area contributed by atoms with Crippen molar-refractivity contribution < 1.29 is 5.11 Å². The first-order valence-corrected chi connectivity index (χ1v) is 7.86. The molecular formula is C14H24N2OS. The Morgan fingerprint density at radius 1 is 1.50 bits per heavy atom. The molecule has 102 valence electrons. The zero-order valence-electron chi connectivity index (χ0n) is 11.4. The summed E-state index contributed by atoms with van der Waals surface area (Å²) in [6.45, 7) is 5.30. The van der Waals surface area contributed by atoms with Crippen molar-refractivity contribution in [2.24, 2.45) is 0 Å². The van der Waals surface area contributed by atoms with Crippen LogP contribution in [0.1, 0.15) is 49.7 Å². The molecule has 0 radical (unpaired) electrons. The summed E-state index contributed by atoms with van der Waals surface area (Å²) in [7, 11) is 0. The lowest BCUT2D eigenvalue weighted by molar-refractivity contribution is -0.00374. The second-order valence-electron chi connectivity index (χ2n) is 5.49. The van der Waals surface area contributed by atoms with Gasteiger partial charge in [0.1, 0.15) is 0 Å². The number of nitrogens with zero attached hydrogens (tertiary/aromatic N) is 1. The quantitative estimate of drug-likeness (QED) is 0.863. The second kappa shape index (κ2) is 6.13. The van der Waals surface area contributed by atoms with Crippen LogP contribution in [-0.2, 0) is 6.42 Å². The molecular weight excluding hydrogens is 244 g/mol. The van der Waals surface area contributed by atoms with Crippen molar-refractivity contribution in [3.8, 4) is 0 Å². The number of aryl methyl sites for hydroxylation is 1. The predicted octanol–water partition coefficient (Wildman–Crippen LogP) is 2.67. The number of rotatable bonds is 5. The number of nitrogens with one attached hydrogen (secondary N) is 1. The van der Waals surface area contributed by atoms with Gasteiger partial charge in [-0.05, 0) is 45.6 Å². The van der Waals surface area contributed by atoms with Crippen LogP contribution in [0.3, 0.4) is 0 Å². The van der Waals surface area contributed by atoms with E-state index in [9.17, 15) is 5.11 Å². The lowest BCUT2D eigenvalue weighted by atomic mass is 9.79. The number of aromatic nitrogens is 1. The van der Waals surface area contributed by atoms with Crippen molar-refractivity contribution >= 4 is 11.3 Å². The molecule has 0 unspecified atom stereocenters. The average Bonchev–Trinajstić information content (AvgIpc) is 2.74. The summed E-state index contributed by atoms with van der Waals surface area (Å²) in [5.74, 6) is 0. The van der Waals surface area contributed by atoms with E-state index in [1.54, 1.807) is 11.3 Å². The van der Waals surface area contributed by atoms with E-state index >= 15 is 0 Å². The van der Waals surface area contributed by atoms with Gasteiger partial charge in [0.05, 0.1) is 16.3 Å². The summed E-state index contributed by atoms with van der Waals surface area (Å²) in [6.07, 6.45) is 5.85. The monoisotopic (exact) mass is 268 g/mol. The molecule has 2 N–H and O–H groups in total. The van der Waals surface area contributed by atoms with Gasteiger partial charge in [0.15, 0.2) is 0 Å². The summed E-state index contributed by atoms with van der Waals surface area (Å²) in [5, 5.41) is 17.3. The van der Waals surface area contributed by atoms with Gasteiger partial charge in [0, 0.05) is 17.8 Å². The Hall–Kier alpha value is -0.450. The molecule has 4 heteroatoms. The van der Waals surface area contributed by atoms with Gasteiger partial charge in [-0.25, -0.2) is 4.98 Å². The molecule has 1 aliphatic carbocycles. The Bertz CT molecular complexity index is 370. The first kappa shape index (κ1) is 14.0. The molecule has 0 spiro atoms. The molecule has 1 aromatic heterocycles. The zero-order valence-corrected chi connectivity index (χ0v) is 12.2. The van der Waals surface area contributed by atoms with Crippen molar-refractivity contribution in [1.29, 1.82) is 0 Å². The minimum absolute atomic E-state index is 0.523. The van der Waals surface area contributed by atoms with Gasteiger partial charge in [-0.3, -0.25) is 0 Å². The van der Waals surface area contributed by atoms with E-state index < -0.39 is 5.60 Å². The van der Waals surface area contributed by atoms with Gasteiger partial charge in [0.2, 0.25) is 0 Å². The summed E-state index contributed by atoms with van der Waals surface area (Å²) in [5.41, 5.74) is 0.533. The smallest absolute Gasteiger partial charge is 0.0897 e. The van der Waals surface area contributed by atoms with Crippen LogP contribution in [0.5, 0.6) is 0 Å². The van der Waals surface area contributed by atoms with Crippen LogP contribution >= 0.6 is 11.3 Å². The minimum Gasteiger partial charge on any atom is -0.389 e. The predicted molar refractivity (Wildman–Crippen MR) is 76.1 cm³/mol. The molecule has 18 heavy (non-hydrogen) atoms. The first-order chi connectivity index (χ1) is 8.61. The molecule has 0 atom stereocenters. The number of hydrogen-bond donors (Lipinski definition) is 2. The largest absolute Gasteiger partial charge is 0.389 e. The lowest BCUT2D eigenvalue weighted by Gasteiger charge is -2.36. The van der Waals surface area contributed by atoms with Crippen molar-refractivity contribution in [2.45, 2.75) is 64.0 Å². The third-order valence-corrected chi connectivity index (χ3v) is 4.60. The molecule has 1 aliphatic rings. The molecule has 1 aromatic rings. The Labute approximate surface area is 114 Å². The second-order valence-corrected chi connectivity index (χ2v) is 6.55. The zero-order chi connectivity index (χ0) is 13.0. The van der Waals surface area contributed by atoms with Crippen LogP contribution in [0.25, 0.3) is 0 Å². The third kappa shape index (κ3) is 3.77. The number of aliphatic hydroxyl groups is 1. The molecule has 1 saturated carbocycles. The van der Waals surface area contributed by atoms with Crippen molar-refractivity contribution in [3.05, 3.63) is 16.1 Å². The van der Waals surface area contributed by atoms with Gasteiger partial charge < -0.3 is 10.4 Å². The maximum absolute atomic E-state index is 10.6. The fourth-order valence-corrected chi connectivity index (χ4v) is 3.32. The Morgan fingerprint density at radius 2 is 2.22 bits per heavy atom. The molecule has 1 heterocycles. The van der Waals surface area contributed by atoms with E-state index in [0.29, 0.717) is 6.04 Å². The van der Waals surface area contributed by atoms with Crippen LogP contribution in [-0.4, -0.2) is 28.3 Å². The van der Waals surface area contributed by atoms with Crippen molar-refractivity contribution in [1.82, 2.24) is 10.3 Å². The van der Waals surface area contributed by atoms with Gasteiger partial charge in [-0.2, -0.15) is 0 Å².